The van der Waals surface area contributed by atoms with Crippen LogP contribution in [0.15, 0.2) is 107 Å². The first-order chi connectivity index (χ1) is 26.3. The average Bonchev–Trinajstić information content (AvgIpc) is 3.63. The molecule has 5 heterocycles. The minimum atomic E-state index is -0.589. The second-order valence-electron chi connectivity index (χ2n) is 13.2. The van der Waals surface area contributed by atoms with Crippen LogP contribution >= 0.6 is 0 Å². The number of aromatic nitrogens is 7. The zero-order chi connectivity index (χ0) is 37.2. The normalized spacial score (nSPS) is 13.4. The molecule has 1 aliphatic heterocycles. The van der Waals surface area contributed by atoms with E-state index in [1.165, 1.54) is 16.8 Å². The van der Waals surface area contributed by atoms with E-state index in [0.29, 0.717) is 77.1 Å². The van der Waals surface area contributed by atoms with E-state index in [0.717, 1.165) is 10.9 Å². The molecule has 1 N–H and O–H groups in total. The molecule has 0 atom stereocenters. The van der Waals surface area contributed by atoms with Gasteiger partial charge in [-0.3, -0.25) is 24.0 Å². The van der Waals surface area contributed by atoms with Gasteiger partial charge >= 0.3 is 0 Å². The SMILES string of the molecule is Cn1cc(-c2ccc(=O)n(CCOc3ccnc4cc(OC5CCN(C(=O)c6cc(Cc7n[nH]c(=O)c8ccccc78)ccc6F)CC5)ccc34)n2)cn1. The lowest BCUT2D eigenvalue weighted by atomic mass is 10.0. The monoisotopic (exact) mass is 726 g/mol. The molecule has 0 bridgehead atoms. The van der Waals surface area contributed by atoms with Crippen LogP contribution in [0.3, 0.4) is 0 Å². The van der Waals surface area contributed by atoms with E-state index in [9.17, 15) is 14.4 Å². The Labute approximate surface area is 307 Å². The predicted octanol–water partition coefficient (Wildman–Crippen LogP) is 4.92. The molecule has 8 rings (SSSR count). The van der Waals surface area contributed by atoms with Crippen LogP contribution in [-0.2, 0) is 20.0 Å². The maximum absolute atomic E-state index is 15.0. The van der Waals surface area contributed by atoms with Crippen LogP contribution in [0, 0.1) is 5.82 Å². The number of amides is 1. The molecule has 0 spiro atoms. The molecule has 1 saturated heterocycles. The van der Waals surface area contributed by atoms with Gasteiger partial charge in [0.2, 0.25) is 0 Å². The lowest BCUT2D eigenvalue weighted by molar-refractivity contribution is 0.0591. The van der Waals surface area contributed by atoms with Gasteiger partial charge in [0.15, 0.2) is 0 Å². The molecular weight excluding hydrogens is 691 g/mol. The molecule has 13 nitrogen and oxygen atoms in total. The van der Waals surface area contributed by atoms with E-state index in [1.807, 2.05) is 43.6 Å². The summed E-state index contributed by atoms with van der Waals surface area (Å²) in [6.07, 6.45) is 6.52. The highest BCUT2D eigenvalue weighted by Gasteiger charge is 2.27. The van der Waals surface area contributed by atoms with Crippen molar-refractivity contribution in [2.24, 2.45) is 7.05 Å². The molecule has 272 valence electrons. The molecular formula is C40H35FN8O5. The summed E-state index contributed by atoms with van der Waals surface area (Å²) in [5, 5.41) is 17.4. The minimum absolute atomic E-state index is 0.000744. The van der Waals surface area contributed by atoms with Gasteiger partial charge < -0.3 is 14.4 Å². The van der Waals surface area contributed by atoms with Crippen LogP contribution < -0.4 is 20.6 Å². The van der Waals surface area contributed by atoms with E-state index in [2.05, 4.69) is 25.4 Å². The summed E-state index contributed by atoms with van der Waals surface area (Å²) in [5.41, 5.74) is 2.99. The molecule has 0 saturated carbocycles. The van der Waals surface area contributed by atoms with Crippen molar-refractivity contribution in [3.63, 3.8) is 0 Å². The number of benzene rings is 3. The first-order valence-electron chi connectivity index (χ1n) is 17.6. The molecule has 0 aliphatic carbocycles. The van der Waals surface area contributed by atoms with Gasteiger partial charge in [0, 0.05) is 80.3 Å². The number of piperidine rings is 1. The Hall–Kier alpha value is -6.70. The number of halogens is 1. The van der Waals surface area contributed by atoms with Gasteiger partial charge in [-0.15, -0.1) is 0 Å². The summed E-state index contributed by atoms with van der Waals surface area (Å²) in [6.45, 7) is 1.29. The Morgan fingerprint density at radius 2 is 1.80 bits per heavy atom. The number of H-pyrrole nitrogens is 1. The van der Waals surface area contributed by atoms with Gasteiger partial charge in [-0.05, 0) is 48.0 Å². The van der Waals surface area contributed by atoms with Gasteiger partial charge in [-0.25, -0.2) is 14.2 Å². The number of nitrogens with zero attached hydrogens (tertiary/aromatic N) is 7. The number of ether oxygens (including phenoxy) is 2. The lowest BCUT2D eigenvalue weighted by Gasteiger charge is -2.32. The summed E-state index contributed by atoms with van der Waals surface area (Å²) in [5.74, 6) is 0.293. The van der Waals surface area contributed by atoms with Gasteiger partial charge in [0.05, 0.1) is 40.6 Å². The summed E-state index contributed by atoms with van der Waals surface area (Å²) in [7, 11) is 1.82. The number of likely N-dealkylation sites (tertiary alicyclic amines) is 1. The molecule has 3 aromatic carbocycles. The van der Waals surface area contributed by atoms with Crippen LogP contribution in [0.4, 0.5) is 4.39 Å². The van der Waals surface area contributed by atoms with Crippen LogP contribution in [0.1, 0.15) is 34.5 Å². The lowest BCUT2D eigenvalue weighted by Crippen LogP contribution is -2.42. The average molecular weight is 727 g/mol. The van der Waals surface area contributed by atoms with E-state index in [-0.39, 0.29) is 41.8 Å². The van der Waals surface area contributed by atoms with Crippen molar-refractivity contribution >= 4 is 27.6 Å². The number of aromatic amines is 1. The number of pyridine rings is 1. The molecule has 1 aliphatic rings. The van der Waals surface area contributed by atoms with Crippen molar-refractivity contribution in [1.29, 1.82) is 0 Å². The fraction of sp³-hybridized carbons (Fsp3) is 0.225. The molecule has 0 unspecified atom stereocenters. The first kappa shape index (κ1) is 34.4. The van der Waals surface area contributed by atoms with Crippen molar-refractivity contribution in [2.75, 3.05) is 19.7 Å². The highest BCUT2D eigenvalue weighted by molar-refractivity contribution is 5.95. The second-order valence-corrected chi connectivity index (χ2v) is 13.2. The molecule has 1 fully saturated rings. The molecule has 54 heavy (non-hydrogen) atoms. The van der Waals surface area contributed by atoms with Crippen LogP contribution in [0.5, 0.6) is 11.5 Å². The van der Waals surface area contributed by atoms with E-state index < -0.39 is 5.82 Å². The number of rotatable bonds is 10. The van der Waals surface area contributed by atoms with Gasteiger partial charge in [0.1, 0.15) is 30.0 Å². The molecule has 0 radical (unpaired) electrons. The summed E-state index contributed by atoms with van der Waals surface area (Å²) < 4.78 is 30.5. The zero-order valence-electron chi connectivity index (χ0n) is 29.3. The van der Waals surface area contributed by atoms with Crippen molar-refractivity contribution in [3.8, 4) is 22.8 Å². The summed E-state index contributed by atoms with van der Waals surface area (Å²) in [6, 6.07) is 22.2. The van der Waals surface area contributed by atoms with Crippen LogP contribution in [0.25, 0.3) is 32.9 Å². The third-order valence-corrected chi connectivity index (χ3v) is 9.54. The molecule has 7 aromatic rings. The van der Waals surface area contributed by atoms with Crippen molar-refractivity contribution in [2.45, 2.75) is 31.9 Å². The third-order valence-electron chi connectivity index (χ3n) is 9.54. The fourth-order valence-electron chi connectivity index (χ4n) is 6.74. The Morgan fingerprint density at radius 3 is 2.61 bits per heavy atom. The zero-order valence-corrected chi connectivity index (χ0v) is 29.3. The number of aryl methyl sites for hydroxylation is 1. The maximum atomic E-state index is 15.0. The Bertz CT molecular complexity index is 2630. The van der Waals surface area contributed by atoms with Gasteiger partial charge in [-0.2, -0.15) is 15.3 Å². The van der Waals surface area contributed by atoms with E-state index in [4.69, 9.17) is 9.47 Å². The third kappa shape index (κ3) is 7.18. The topological polar surface area (TPSA) is 150 Å². The van der Waals surface area contributed by atoms with E-state index >= 15 is 4.39 Å². The standard InChI is InChI=1S/C40H35FN8O5/c1-47-24-26(23-43-47)34-10-11-38(50)49(46-34)18-19-53-37-12-15-42-35-22-28(7-8-31(35)37)54-27-13-16-48(17-14-27)40(52)32-20-25(6-9-33(32)41)21-36-29-4-2-3-5-30(29)39(51)45-44-36/h2-12,15,20,22-24,27H,13-14,16-19,21H2,1H3,(H,45,51). The maximum Gasteiger partial charge on any atom is 0.272 e. The number of hydrogen-bond acceptors (Lipinski definition) is 9. The number of fused-ring (bicyclic) bond motifs is 2. The van der Waals surface area contributed by atoms with Gasteiger partial charge in [0.25, 0.3) is 17.0 Å². The van der Waals surface area contributed by atoms with Crippen molar-refractivity contribution < 1.29 is 18.7 Å². The quantitative estimate of drug-likeness (QED) is 0.207. The Morgan fingerprint density at radius 1 is 0.963 bits per heavy atom. The summed E-state index contributed by atoms with van der Waals surface area (Å²) in [4.78, 5) is 44.3. The molecule has 14 heteroatoms. The first-order valence-corrected chi connectivity index (χ1v) is 17.6. The Balaban J connectivity index is 0.877. The minimum Gasteiger partial charge on any atom is -0.491 e. The predicted molar refractivity (Wildman–Crippen MR) is 199 cm³/mol. The largest absolute Gasteiger partial charge is 0.491 e. The number of carbonyl (C=O) groups excluding carboxylic acids is 1. The smallest absolute Gasteiger partial charge is 0.272 e. The highest BCUT2D eigenvalue weighted by Crippen LogP contribution is 2.29. The van der Waals surface area contributed by atoms with Gasteiger partial charge in [-0.1, -0.05) is 24.3 Å². The Kier molecular flexibility index (Phi) is 9.38. The molecule has 1 amide bonds. The fourth-order valence-corrected chi connectivity index (χ4v) is 6.74. The number of carbonyl (C=O) groups is 1. The second kappa shape index (κ2) is 14.7. The number of nitrogens with one attached hydrogen (secondary N) is 1. The number of hydrogen-bond donors (Lipinski definition) is 1. The summed E-state index contributed by atoms with van der Waals surface area (Å²) >= 11 is 0. The van der Waals surface area contributed by atoms with Crippen LogP contribution in [0.2, 0.25) is 0 Å². The van der Waals surface area contributed by atoms with E-state index in [1.54, 1.807) is 58.4 Å². The van der Waals surface area contributed by atoms with Crippen molar-refractivity contribution in [3.05, 3.63) is 141 Å². The molecule has 4 aromatic heterocycles. The van der Waals surface area contributed by atoms with Crippen molar-refractivity contribution in [1.82, 2.24) is 39.6 Å². The van der Waals surface area contributed by atoms with Crippen LogP contribution in [-0.4, -0.2) is 71.3 Å². The highest BCUT2D eigenvalue weighted by atomic mass is 19.1.